The number of pyridine rings is 1. The van der Waals surface area contributed by atoms with Crippen molar-refractivity contribution in [2.24, 2.45) is 0 Å². The number of hydrogen-bond donors (Lipinski definition) is 3. The Labute approximate surface area is 233 Å². The molecule has 0 spiro atoms. The number of aromatic nitrogens is 4. The number of thiazole rings is 1. The number of imidazole rings is 1. The predicted octanol–water partition coefficient (Wildman–Crippen LogP) is 4.72. The number of amides is 2. The van der Waals surface area contributed by atoms with Gasteiger partial charge in [0.15, 0.2) is 10.8 Å². The highest BCUT2D eigenvalue weighted by Gasteiger charge is 2.20. The number of rotatable bonds is 9. The van der Waals surface area contributed by atoms with Gasteiger partial charge in [0.1, 0.15) is 17.4 Å². The first-order valence-electron chi connectivity index (χ1n) is 12.3. The zero-order valence-electron chi connectivity index (χ0n) is 21.1. The van der Waals surface area contributed by atoms with Crippen LogP contribution in [0.15, 0.2) is 84.9 Å². The minimum atomic E-state index is -0.511. The molecule has 5 rings (SSSR count). The van der Waals surface area contributed by atoms with Crippen molar-refractivity contribution in [3.8, 4) is 34.2 Å². The summed E-state index contributed by atoms with van der Waals surface area (Å²) >= 11 is 1.16. The second kappa shape index (κ2) is 12.0. The van der Waals surface area contributed by atoms with Crippen molar-refractivity contribution in [1.82, 2.24) is 24.8 Å². The van der Waals surface area contributed by atoms with Crippen LogP contribution < -0.4 is 10.6 Å². The van der Waals surface area contributed by atoms with Gasteiger partial charge >= 0.3 is 0 Å². The van der Waals surface area contributed by atoms with Crippen LogP contribution in [0, 0.1) is 11.3 Å². The highest BCUT2D eigenvalue weighted by molar-refractivity contribution is 7.11. The summed E-state index contributed by atoms with van der Waals surface area (Å²) in [6, 6.07) is 17.3. The summed E-state index contributed by atoms with van der Waals surface area (Å²) in [7, 11) is 0. The highest BCUT2D eigenvalue weighted by Crippen LogP contribution is 2.35. The standard InChI is InChI=1S/C29H23N7O3S/c30-17-23-22(19-5-3-6-20(15-19)27(38)32-9-4-12-36-13-10-31-18-36)16-24(21-7-1-2-8-25(21)37)34-26(23)35-28(39)29-33-11-14-40-29/h1-3,5-8,10-11,13-16,18,37H,4,9,12H2,(H,32,38)(H,34,35,39). The van der Waals surface area contributed by atoms with Gasteiger partial charge in [0.2, 0.25) is 0 Å². The Hall–Kier alpha value is -5.34. The fourth-order valence-corrected chi connectivity index (χ4v) is 4.64. The molecule has 0 radical (unpaired) electrons. The minimum Gasteiger partial charge on any atom is -0.507 e. The van der Waals surface area contributed by atoms with Crippen molar-refractivity contribution < 1.29 is 14.7 Å². The number of aromatic hydroxyl groups is 1. The largest absolute Gasteiger partial charge is 0.507 e. The molecule has 0 bridgehead atoms. The van der Waals surface area contributed by atoms with E-state index in [1.165, 1.54) is 12.3 Å². The molecule has 0 unspecified atom stereocenters. The number of nitrogens with zero attached hydrogens (tertiary/aromatic N) is 5. The monoisotopic (exact) mass is 549 g/mol. The fourth-order valence-electron chi connectivity index (χ4n) is 4.11. The number of carbonyl (C=O) groups excluding carboxylic acids is 2. The van der Waals surface area contributed by atoms with Crippen LogP contribution in [-0.4, -0.2) is 43.0 Å². The highest BCUT2D eigenvalue weighted by atomic mass is 32.1. The number of nitriles is 1. The van der Waals surface area contributed by atoms with Crippen LogP contribution in [-0.2, 0) is 6.54 Å². The van der Waals surface area contributed by atoms with E-state index < -0.39 is 5.91 Å². The van der Waals surface area contributed by atoms with Gasteiger partial charge in [0.05, 0.1) is 12.0 Å². The number of phenolic OH excluding ortho intramolecular Hbond substituents is 1. The van der Waals surface area contributed by atoms with Crippen LogP contribution in [0.5, 0.6) is 5.75 Å². The lowest BCUT2D eigenvalue weighted by atomic mass is 9.96. The van der Waals surface area contributed by atoms with Crippen LogP contribution in [0.25, 0.3) is 22.4 Å². The van der Waals surface area contributed by atoms with Gasteiger partial charge in [0, 0.05) is 53.8 Å². The third kappa shape index (κ3) is 5.87. The van der Waals surface area contributed by atoms with Crippen molar-refractivity contribution >= 4 is 29.0 Å². The lowest BCUT2D eigenvalue weighted by Gasteiger charge is -2.14. The van der Waals surface area contributed by atoms with Gasteiger partial charge in [-0.25, -0.2) is 15.0 Å². The molecular formula is C29H23N7O3S. The average molecular weight is 550 g/mol. The van der Waals surface area contributed by atoms with Gasteiger partial charge in [-0.1, -0.05) is 24.3 Å². The maximum Gasteiger partial charge on any atom is 0.285 e. The van der Waals surface area contributed by atoms with Gasteiger partial charge in [-0.2, -0.15) is 5.26 Å². The van der Waals surface area contributed by atoms with Crippen LogP contribution in [0.2, 0.25) is 0 Å². The third-order valence-electron chi connectivity index (χ3n) is 6.04. The Morgan fingerprint density at radius 3 is 2.67 bits per heavy atom. The summed E-state index contributed by atoms with van der Waals surface area (Å²) in [4.78, 5) is 38.3. The zero-order chi connectivity index (χ0) is 27.9. The number of nitrogens with one attached hydrogen (secondary N) is 2. The summed E-state index contributed by atoms with van der Waals surface area (Å²) in [6.07, 6.45) is 7.54. The molecule has 2 aromatic carbocycles. The van der Waals surface area contributed by atoms with Gasteiger partial charge < -0.3 is 20.3 Å². The number of hydrogen-bond acceptors (Lipinski definition) is 8. The number of carbonyl (C=O) groups is 2. The summed E-state index contributed by atoms with van der Waals surface area (Å²) in [5.74, 6) is -0.749. The first-order valence-corrected chi connectivity index (χ1v) is 13.2. The average Bonchev–Trinajstić information content (AvgIpc) is 3.70. The quantitative estimate of drug-likeness (QED) is 0.226. The number of benzene rings is 2. The van der Waals surface area contributed by atoms with Crippen LogP contribution in [0.3, 0.4) is 0 Å². The number of anilines is 1. The van der Waals surface area contributed by atoms with Crippen LogP contribution >= 0.6 is 11.3 Å². The molecule has 198 valence electrons. The SMILES string of the molecule is N#Cc1c(-c2cccc(C(=O)NCCCn3ccnc3)c2)cc(-c2ccccc2O)nc1NC(=O)c1nccs1. The Kier molecular flexibility index (Phi) is 7.89. The smallest absolute Gasteiger partial charge is 0.285 e. The second-order valence-electron chi connectivity index (χ2n) is 8.69. The molecule has 0 aliphatic rings. The topological polar surface area (TPSA) is 146 Å². The van der Waals surface area contributed by atoms with Crippen molar-refractivity contribution in [3.63, 3.8) is 0 Å². The molecule has 3 aromatic heterocycles. The molecule has 3 N–H and O–H groups in total. The van der Waals surface area contributed by atoms with E-state index >= 15 is 0 Å². The molecule has 0 saturated heterocycles. The molecule has 40 heavy (non-hydrogen) atoms. The Bertz CT molecular complexity index is 1690. The summed E-state index contributed by atoms with van der Waals surface area (Å²) in [5, 5.41) is 28.1. The van der Waals surface area contributed by atoms with E-state index in [0.29, 0.717) is 34.5 Å². The Morgan fingerprint density at radius 2 is 1.93 bits per heavy atom. The van der Waals surface area contributed by atoms with E-state index in [1.807, 2.05) is 10.8 Å². The fraction of sp³-hybridized carbons (Fsp3) is 0.103. The van der Waals surface area contributed by atoms with Gasteiger partial charge in [-0.3, -0.25) is 9.59 Å². The first-order chi connectivity index (χ1) is 19.5. The normalized spacial score (nSPS) is 10.6. The van der Waals surface area contributed by atoms with Crippen molar-refractivity contribution in [2.75, 3.05) is 11.9 Å². The molecule has 0 aliphatic heterocycles. The lowest BCUT2D eigenvalue weighted by Crippen LogP contribution is -2.25. The minimum absolute atomic E-state index is 0.00770. The van der Waals surface area contributed by atoms with Crippen molar-refractivity contribution in [3.05, 3.63) is 101 Å². The van der Waals surface area contributed by atoms with Crippen molar-refractivity contribution in [2.45, 2.75) is 13.0 Å². The lowest BCUT2D eigenvalue weighted by molar-refractivity contribution is 0.0952. The number of phenols is 1. The Balaban J connectivity index is 1.48. The zero-order valence-corrected chi connectivity index (χ0v) is 21.9. The van der Waals surface area contributed by atoms with E-state index in [1.54, 1.807) is 66.4 Å². The molecule has 3 heterocycles. The van der Waals surface area contributed by atoms with Gasteiger partial charge in [-0.05, 0) is 42.3 Å². The van der Waals surface area contributed by atoms with E-state index in [9.17, 15) is 20.0 Å². The number of para-hydroxylation sites is 1. The first kappa shape index (κ1) is 26.3. The summed E-state index contributed by atoms with van der Waals surface area (Å²) in [6.45, 7) is 1.21. The molecule has 2 amide bonds. The number of aryl methyl sites for hydroxylation is 1. The summed E-state index contributed by atoms with van der Waals surface area (Å²) < 4.78 is 1.94. The van der Waals surface area contributed by atoms with E-state index in [-0.39, 0.29) is 28.0 Å². The Morgan fingerprint density at radius 1 is 1.05 bits per heavy atom. The third-order valence-corrected chi connectivity index (χ3v) is 6.82. The maximum atomic E-state index is 12.9. The van der Waals surface area contributed by atoms with E-state index in [2.05, 4.69) is 31.7 Å². The molecule has 10 nitrogen and oxygen atoms in total. The molecule has 11 heteroatoms. The molecular weight excluding hydrogens is 526 g/mol. The van der Waals surface area contributed by atoms with E-state index in [4.69, 9.17) is 0 Å². The second-order valence-corrected chi connectivity index (χ2v) is 9.58. The van der Waals surface area contributed by atoms with Gasteiger partial charge in [0.25, 0.3) is 11.8 Å². The van der Waals surface area contributed by atoms with E-state index in [0.717, 1.165) is 24.3 Å². The molecule has 5 aromatic rings. The molecule has 0 aliphatic carbocycles. The predicted molar refractivity (Wildman–Crippen MR) is 151 cm³/mol. The summed E-state index contributed by atoms with van der Waals surface area (Å²) in [5.41, 5.74) is 2.31. The van der Waals surface area contributed by atoms with Crippen molar-refractivity contribution in [1.29, 1.82) is 5.26 Å². The molecule has 0 saturated carbocycles. The maximum absolute atomic E-state index is 12.9. The molecule has 0 atom stereocenters. The van der Waals surface area contributed by atoms with Crippen LogP contribution in [0.4, 0.5) is 5.82 Å². The van der Waals surface area contributed by atoms with Gasteiger partial charge in [-0.15, -0.1) is 11.3 Å². The molecule has 0 fully saturated rings. The van der Waals surface area contributed by atoms with Crippen LogP contribution in [0.1, 0.15) is 32.1 Å².